The van der Waals surface area contributed by atoms with Gasteiger partial charge in [0.1, 0.15) is 6.04 Å². The van der Waals surface area contributed by atoms with Gasteiger partial charge in [-0.05, 0) is 45.7 Å². The summed E-state index contributed by atoms with van der Waals surface area (Å²) in [5.74, 6) is 0.831. The Bertz CT molecular complexity index is 290. The first-order valence-corrected chi connectivity index (χ1v) is 7.49. The van der Waals surface area contributed by atoms with E-state index in [0.29, 0.717) is 12.5 Å². The van der Waals surface area contributed by atoms with Gasteiger partial charge in [-0.15, -0.1) is 0 Å². The zero-order chi connectivity index (χ0) is 13.7. The number of carbonyl (C=O) groups excluding carboxylic acids is 1. The molecule has 0 spiro atoms. The summed E-state index contributed by atoms with van der Waals surface area (Å²) in [5.41, 5.74) is 0. The third-order valence-corrected chi connectivity index (χ3v) is 3.92. The Kier molecular flexibility index (Phi) is 5.60. The molecule has 2 aliphatic heterocycles. The highest BCUT2D eigenvalue weighted by Gasteiger charge is 2.31. The molecule has 2 aliphatic rings. The van der Waals surface area contributed by atoms with Crippen LogP contribution >= 0.6 is 0 Å². The van der Waals surface area contributed by atoms with Crippen molar-refractivity contribution in [3.8, 4) is 0 Å². The fraction of sp³-hybridized carbons (Fsp3) is 0.929. The van der Waals surface area contributed by atoms with Crippen LogP contribution in [0.1, 0.15) is 26.7 Å². The van der Waals surface area contributed by atoms with Crippen LogP contribution in [-0.2, 0) is 9.53 Å². The Hall–Kier alpha value is -0.650. The molecular weight excluding hydrogens is 242 g/mol. The van der Waals surface area contributed by atoms with Crippen molar-refractivity contribution in [2.45, 2.75) is 38.8 Å². The summed E-state index contributed by atoms with van der Waals surface area (Å²) in [4.78, 5) is 14.5. The second kappa shape index (κ2) is 7.22. The first-order valence-electron chi connectivity index (χ1n) is 7.49. The van der Waals surface area contributed by atoms with Crippen LogP contribution < -0.4 is 10.6 Å². The molecule has 110 valence electrons. The van der Waals surface area contributed by atoms with Crippen molar-refractivity contribution in [2.75, 3.05) is 39.4 Å². The van der Waals surface area contributed by atoms with E-state index in [0.717, 1.165) is 32.8 Å². The number of nitrogens with zero attached hydrogens (tertiary/aromatic N) is 1. The molecule has 0 saturated carbocycles. The van der Waals surface area contributed by atoms with Crippen LogP contribution in [0.3, 0.4) is 0 Å². The molecule has 5 heteroatoms. The van der Waals surface area contributed by atoms with Crippen molar-refractivity contribution in [1.82, 2.24) is 15.5 Å². The highest BCUT2D eigenvalue weighted by atomic mass is 16.5. The molecule has 2 heterocycles. The van der Waals surface area contributed by atoms with Gasteiger partial charge >= 0.3 is 0 Å². The normalized spacial score (nSPS) is 26.6. The van der Waals surface area contributed by atoms with Crippen LogP contribution in [0.25, 0.3) is 0 Å². The number of ether oxygens (including phenoxy) is 1. The molecular formula is C14H27N3O2. The highest BCUT2D eigenvalue weighted by molar-refractivity contribution is 5.82. The summed E-state index contributed by atoms with van der Waals surface area (Å²) in [6.45, 7) is 9.40. The van der Waals surface area contributed by atoms with Gasteiger partial charge < -0.3 is 15.4 Å². The second-order valence-electron chi connectivity index (χ2n) is 5.94. The van der Waals surface area contributed by atoms with E-state index in [2.05, 4.69) is 15.5 Å². The van der Waals surface area contributed by atoms with Crippen LogP contribution in [0.4, 0.5) is 0 Å². The Morgan fingerprint density at radius 3 is 2.84 bits per heavy atom. The van der Waals surface area contributed by atoms with Gasteiger partial charge in [-0.25, -0.2) is 0 Å². The fourth-order valence-electron chi connectivity index (χ4n) is 2.87. The summed E-state index contributed by atoms with van der Waals surface area (Å²) in [6.07, 6.45) is 2.44. The smallest absolute Gasteiger partial charge is 0.239 e. The zero-order valence-corrected chi connectivity index (χ0v) is 12.2. The quantitative estimate of drug-likeness (QED) is 0.766. The fourth-order valence-corrected chi connectivity index (χ4v) is 2.87. The number of carbonyl (C=O) groups is 1. The molecule has 0 aromatic rings. The van der Waals surface area contributed by atoms with Crippen molar-refractivity contribution in [1.29, 1.82) is 0 Å². The molecule has 19 heavy (non-hydrogen) atoms. The maximum Gasteiger partial charge on any atom is 0.239 e. The van der Waals surface area contributed by atoms with Gasteiger partial charge in [-0.3, -0.25) is 9.69 Å². The minimum atomic E-state index is -0.106. The first kappa shape index (κ1) is 14.8. The van der Waals surface area contributed by atoms with Gasteiger partial charge in [0, 0.05) is 19.1 Å². The molecule has 2 fully saturated rings. The molecule has 0 aromatic carbocycles. The van der Waals surface area contributed by atoms with E-state index in [9.17, 15) is 4.79 Å². The lowest BCUT2D eigenvalue weighted by molar-refractivity contribution is -0.133. The Morgan fingerprint density at radius 1 is 1.42 bits per heavy atom. The summed E-state index contributed by atoms with van der Waals surface area (Å²) in [6, 6.07) is 0.0844. The Labute approximate surface area is 116 Å². The van der Waals surface area contributed by atoms with Gasteiger partial charge in [0.2, 0.25) is 5.91 Å². The molecule has 1 unspecified atom stereocenters. The number of hydrogen-bond acceptors (Lipinski definition) is 4. The SMILES string of the molecule is CC(C)NC(=O)C1COCCN1CC1CCNCC1. The molecule has 0 aromatic heterocycles. The lowest BCUT2D eigenvalue weighted by Crippen LogP contribution is -2.56. The zero-order valence-electron chi connectivity index (χ0n) is 12.2. The van der Waals surface area contributed by atoms with Crippen molar-refractivity contribution in [3.05, 3.63) is 0 Å². The average molecular weight is 269 g/mol. The van der Waals surface area contributed by atoms with Gasteiger partial charge in [-0.2, -0.15) is 0 Å². The van der Waals surface area contributed by atoms with Crippen LogP contribution in [0.2, 0.25) is 0 Å². The Morgan fingerprint density at radius 2 is 2.16 bits per heavy atom. The third-order valence-electron chi connectivity index (χ3n) is 3.92. The Balaban J connectivity index is 1.89. The van der Waals surface area contributed by atoms with E-state index < -0.39 is 0 Å². The molecule has 2 saturated heterocycles. The molecule has 0 radical (unpaired) electrons. The van der Waals surface area contributed by atoms with E-state index in [4.69, 9.17) is 4.74 Å². The molecule has 0 aliphatic carbocycles. The van der Waals surface area contributed by atoms with Crippen LogP contribution in [0.15, 0.2) is 0 Å². The van der Waals surface area contributed by atoms with Crippen molar-refractivity contribution < 1.29 is 9.53 Å². The summed E-state index contributed by atoms with van der Waals surface area (Å²) >= 11 is 0. The minimum absolute atomic E-state index is 0.106. The number of hydrogen-bond donors (Lipinski definition) is 2. The highest BCUT2D eigenvalue weighted by Crippen LogP contribution is 2.17. The molecule has 2 N–H and O–H groups in total. The summed E-state index contributed by atoms with van der Waals surface area (Å²) in [5, 5.41) is 6.40. The minimum Gasteiger partial charge on any atom is -0.378 e. The molecule has 2 rings (SSSR count). The maximum absolute atomic E-state index is 12.2. The van der Waals surface area contributed by atoms with Crippen molar-refractivity contribution >= 4 is 5.91 Å². The van der Waals surface area contributed by atoms with Gasteiger partial charge in [0.25, 0.3) is 0 Å². The topological polar surface area (TPSA) is 53.6 Å². The largest absolute Gasteiger partial charge is 0.378 e. The van der Waals surface area contributed by atoms with Gasteiger partial charge in [-0.1, -0.05) is 0 Å². The second-order valence-corrected chi connectivity index (χ2v) is 5.94. The summed E-state index contributed by atoms with van der Waals surface area (Å²) in [7, 11) is 0. The monoisotopic (exact) mass is 269 g/mol. The van der Waals surface area contributed by atoms with Crippen LogP contribution in [0.5, 0.6) is 0 Å². The third kappa shape index (κ3) is 4.44. The van der Waals surface area contributed by atoms with E-state index in [-0.39, 0.29) is 18.0 Å². The molecule has 1 atom stereocenters. The van der Waals surface area contributed by atoms with Crippen LogP contribution in [0, 0.1) is 5.92 Å². The predicted molar refractivity (Wildman–Crippen MR) is 75.1 cm³/mol. The number of piperidine rings is 1. The lowest BCUT2D eigenvalue weighted by Gasteiger charge is -2.38. The van der Waals surface area contributed by atoms with Gasteiger partial charge in [0.15, 0.2) is 0 Å². The standard InChI is InChI=1S/C14H27N3O2/c1-11(2)16-14(18)13-10-19-8-7-17(13)9-12-3-5-15-6-4-12/h11-13,15H,3-10H2,1-2H3,(H,16,18). The van der Waals surface area contributed by atoms with Gasteiger partial charge in [0.05, 0.1) is 13.2 Å². The maximum atomic E-state index is 12.2. The number of rotatable bonds is 4. The lowest BCUT2D eigenvalue weighted by atomic mass is 9.96. The van der Waals surface area contributed by atoms with E-state index in [1.165, 1.54) is 12.8 Å². The van der Waals surface area contributed by atoms with Crippen molar-refractivity contribution in [2.24, 2.45) is 5.92 Å². The summed E-state index contributed by atoms with van der Waals surface area (Å²) < 4.78 is 5.49. The van der Waals surface area contributed by atoms with E-state index in [1.807, 2.05) is 13.8 Å². The first-order chi connectivity index (χ1) is 9.16. The number of nitrogens with one attached hydrogen (secondary N) is 2. The number of morpholine rings is 1. The van der Waals surface area contributed by atoms with E-state index >= 15 is 0 Å². The molecule has 5 nitrogen and oxygen atoms in total. The predicted octanol–water partition coefficient (Wildman–Crippen LogP) is 0.211. The molecule has 1 amide bonds. The molecule has 0 bridgehead atoms. The van der Waals surface area contributed by atoms with Crippen molar-refractivity contribution in [3.63, 3.8) is 0 Å². The van der Waals surface area contributed by atoms with Crippen LogP contribution in [-0.4, -0.2) is 62.3 Å². The van der Waals surface area contributed by atoms with E-state index in [1.54, 1.807) is 0 Å². The average Bonchev–Trinajstić information content (AvgIpc) is 2.39. The number of amides is 1.